The molecule has 0 saturated carbocycles. The molecule has 2 aromatic rings. The van der Waals surface area contributed by atoms with Crippen LogP contribution in [0.2, 0.25) is 0 Å². The Kier molecular flexibility index (Phi) is 3.25. The van der Waals surface area contributed by atoms with Gasteiger partial charge in [-0.2, -0.15) is 0 Å². The molecule has 0 N–H and O–H groups in total. The first-order valence-corrected chi connectivity index (χ1v) is 6.09. The summed E-state index contributed by atoms with van der Waals surface area (Å²) in [5.41, 5.74) is 0.980. The van der Waals surface area contributed by atoms with Gasteiger partial charge in [-0.05, 0) is 5.39 Å². The van der Waals surface area contributed by atoms with E-state index in [0.717, 1.165) is 16.3 Å². The summed E-state index contributed by atoms with van der Waals surface area (Å²) in [5, 5.41) is 2.71. The average molecular weight is 279 g/mol. The van der Waals surface area contributed by atoms with Crippen molar-refractivity contribution in [2.24, 2.45) is 0 Å². The van der Waals surface area contributed by atoms with Gasteiger partial charge in [-0.3, -0.25) is 4.79 Å². The molecule has 0 saturated heterocycles. The molecule has 2 nitrogen and oxygen atoms in total. The van der Waals surface area contributed by atoms with Gasteiger partial charge >= 0.3 is 5.97 Å². The largest absolute Gasteiger partial charge is 0.426 e. The Balaban J connectivity index is 2.67. The van der Waals surface area contributed by atoms with Crippen LogP contribution in [0.15, 0.2) is 36.4 Å². The molecule has 0 radical (unpaired) electrons. The number of carbonyl (C=O) groups is 1. The minimum absolute atomic E-state index is 0.293. The first-order valence-electron chi connectivity index (χ1n) is 4.97. The maximum absolute atomic E-state index is 11.1. The molecule has 0 atom stereocenters. The highest BCUT2D eigenvalue weighted by Gasteiger charge is 2.09. The van der Waals surface area contributed by atoms with Crippen molar-refractivity contribution in [3.63, 3.8) is 0 Å². The van der Waals surface area contributed by atoms with E-state index in [1.807, 2.05) is 36.4 Å². The van der Waals surface area contributed by atoms with Crippen molar-refractivity contribution in [3.8, 4) is 5.75 Å². The van der Waals surface area contributed by atoms with E-state index >= 15 is 0 Å². The van der Waals surface area contributed by atoms with Crippen molar-refractivity contribution >= 4 is 32.7 Å². The van der Waals surface area contributed by atoms with Gasteiger partial charge in [0.15, 0.2) is 0 Å². The molecule has 0 aliphatic carbocycles. The zero-order valence-corrected chi connectivity index (χ0v) is 10.5. The van der Waals surface area contributed by atoms with Crippen LogP contribution >= 0.6 is 15.9 Å². The molecule has 2 aromatic carbocycles. The third-order valence-electron chi connectivity index (χ3n) is 2.35. The van der Waals surface area contributed by atoms with Crippen LogP contribution in [0.5, 0.6) is 5.75 Å². The Bertz CT molecular complexity index is 534. The number of ether oxygens (including phenoxy) is 1. The summed E-state index contributed by atoms with van der Waals surface area (Å²) in [5.74, 6) is 0.362. The third-order valence-corrected chi connectivity index (χ3v) is 2.96. The van der Waals surface area contributed by atoms with Crippen LogP contribution in [0, 0.1) is 0 Å². The number of alkyl halides is 1. The summed E-state index contributed by atoms with van der Waals surface area (Å²) < 4.78 is 5.28. The zero-order chi connectivity index (χ0) is 11.5. The van der Waals surface area contributed by atoms with Crippen molar-refractivity contribution in [3.05, 3.63) is 42.0 Å². The number of esters is 1. The fraction of sp³-hybridized carbons (Fsp3) is 0.154. The normalized spacial score (nSPS) is 10.4. The van der Waals surface area contributed by atoms with Gasteiger partial charge < -0.3 is 4.74 Å². The Morgan fingerprint density at radius 2 is 2.00 bits per heavy atom. The maximum atomic E-state index is 11.1. The molecular weight excluding hydrogens is 268 g/mol. The van der Waals surface area contributed by atoms with Crippen LogP contribution in [-0.2, 0) is 10.1 Å². The smallest absolute Gasteiger partial charge is 0.308 e. The van der Waals surface area contributed by atoms with Gasteiger partial charge in [-0.25, -0.2) is 0 Å². The van der Waals surface area contributed by atoms with Crippen molar-refractivity contribution < 1.29 is 9.53 Å². The Morgan fingerprint density at radius 3 is 2.69 bits per heavy atom. The number of carbonyl (C=O) groups excluding carboxylic acids is 1. The lowest BCUT2D eigenvalue weighted by Gasteiger charge is -2.10. The quantitative estimate of drug-likeness (QED) is 0.476. The molecule has 0 amide bonds. The first kappa shape index (κ1) is 11.1. The maximum Gasteiger partial charge on any atom is 0.308 e. The molecule has 0 heterocycles. The highest BCUT2D eigenvalue weighted by atomic mass is 79.9. The zero-order valence-electron chi connectivity index (χ0n) is 8.87. The minimum Gasteiger partial charge on any atom is -0.426 e. The van der Waals surface area contributed by atoms with E-state index in [9.17, 15) is 4.79 Å². The Morgan fingerprint density at radius 1 is 1.25 bits per heavy atom. The summed E-state index contributed by atoms with van der Waals surface area (Å²) in [7, 11) is 0. The fourth-order valence-corrected chi connectivity index (χ4v) is 2.10. The number of benzene rings is 2. The molecule has 2 rings (SSSR count). The molecule has 0 aromatic heterocycles. The Hall–Kier alpha value is -1.35. The predicted molar refractivity (Wildman–Crippen MR) is 67.9 cm³/mol. The van der Waals surface area contributed by atoms with Gasteiger partial charge in [0.05, 0.1) is 0 Å². The highest BCUT2D eigenvalue weighted by molar-refractivity contribution is 9.08. The number of hydrogen-bond acceptors (Lipinski definition) is 2. The number of halogens is 1. The average Bonchev–Trinajstić information content (AvgIpc) is 2.29. The summed E-state index contributed by atoms with van der Waals surface area (Å²) in [4.78, 5) is 11.1. The van der Waals surface area contributed by atoms with Gasteiger partial charge in [-0.15, -0.1) is 0 Å². The molecule has 0 bridgehead atoms. The van der Waals surface area contributed by atoms with Gasteiger partial charge in [0, 0.05) is 23.2 Å². The van der Waals surface area contributed by atoms with Gasteiger partial charge in [0.25, 0.3) is 0 Å². The summed E-state index contributed by atoms with van der Waals surface area (Å²) in [6.45, 7) is 1.42. The molecule has 0 unspecified atom stereocenters. The lowest BCUT2D eigenvalue weighted by molar-refractivity contribution is -0.131. The van der Waals surface area contributed by atoms with E-state index in [0.29, 0.717) is 11.1 Å². The van der Waals surface area contributed by atoms with Gasteiger partial charge in [0.2, 0.25) is 0 Å². The van der Waals surface area contributed by atoms with E-state index in [4.69, 9.17) is 4.74 Å². The summed E-state index contributed by atoms with van der Waals surface area (Å²) in [6.07, 6.45) is 0. The summed E-state index contributed by atoms with van der Waals surface area (Å²) in [6, 6.07) is 11.9. The monoisotopic (exact) mass is 278 g/mol. The third kappa shape index (κ3) is 2.09. The van der Waals surface area contributed by atoms with Crippen LogP contribution in [0.25, 0.3) is 10.8 Å². The number of rotatable bonds is 2. The van der Waals surface area contributed by atoms with Crippen molar-refractivity contribution in [1.29, 1.82) is 0 Å². The molecule has 0 spiro atoms. The highest BCUT2D eigenvalue weighted by Crippen LogP contribution is 2.31. The molecular formula is C13H11BrO2. The fourth-order valence-electron chi connectivity index (χ4n) is 1.66. The van der Waals surface area contributed by atoms with E-state index in [1.54, 1.807) is 0 Å². The summed E-state index contributed by atoms with van der Waals surface area (Å²) >= 11 is 3.39. The second kappa shape index (κ2) is 4.66. The lowest BCUT2D eigenvalue weighted by Crippen LogP contribution is -2.04. The van der Waals surface area contributed by atoms with E-state index < -0.39 is 0 Å². The second-order valence-corrected chi connectivity index (χ2v) is 4.06. The van der Waals surface area contributed by atoms with E-state index in [2.05, 4.69) is 15.9 Å². The molecule has 82 valence electrons. The van der Waals surface area contributed by atoms with Crippen molar-refractivity contribution in [2.45, 2.75) is 12.3 Å². The molecule has 0 aliphatic heterocycles. The first-order chi connectivity index (χ1) is 7.72. The Labute approximate surface area is 102 Å². The lowest BCUT2D eigenvalue weighted by atomic mass is 10.1. The number of hydrogen-bond donors (Lipinski definition) is 0. The van der Waals surface area contributed by atoms with Crippen LogP contribution in [0.4, 0.5) is 0 Å². The predicted octanol–water partition coefficient (Wildman–Crippen LogP) is 3.66. The van der Waals surface area contributed by atoms with Crippen LogP contribution in [0.3, 0.4) is 0 Å². The molecule has 16 heavy (non-hydrogen) atoms. The van der Waals surface area contributed by atoms with Crippen molar-refractivity contribution in [2.75, 3.05) is 0 Å². The standard InChI is InChI=1S/C13H11BrO2/c1-9(15)16-13-11(8-14)7-6-10-4-2-3-5-12(10)13/h2-7H,8H2,1H3. The van der Waals surface area contributed by atoms with E-state index in [-0.39, 0.29) is 5.97 Å². The SMILES string of the molecule is CC(=O)Oc1c(CBr)ccc2ccccc12. The molecule has 0 fully saturated rings. The van der Waals surface area contributed by atoms with Crippen molar-refractivity contribution in [1.82, 2.24) is 0 Å². The van der Waals surface area contributed by atoms with Crippen LogP contribution in [-0.4, -0.2) is 5.97 Å². The molecule has 3 heteroatoms. The topological polar surface area (TPSA) is 26.3 Å². The van der Waals surface area contributed by atoms with Crippen LogP contribution in [0.1, 0.15) is 12.5 Å². The van der Waals surface area contributed by atoms with Gasteiger partial charge in [-0.1, -0.05) is 52.3 Å². The van der Waals surface area contributed by atoms with Gasteiger partial charge in [0.1, 0.15) is 5.75 Å². The van der Waals surface area contributed by atoms with Crippen LogP contribution < -0.4 is 4.74 Å². The minimum atomic E-state index is -0.293. The number of fused-ring (bicyclic) bond motifs is 1. The van der Waals surface area contributed by atoms with E-state index in [1.165, 1.54) is 6.92 Å². The second-order valence-electron chi connectivity index (χ2n) is 3.50. The molecule has 0 aliphatic rings.